The number of aryl methyl sites for hydroxylation is 2. The van der Waals surface area contributed by atoms with Gasteiger partial charge >= 0.3 is 0 Å². The molecule has 0 aliphatic rings. The summed E-state index contributed by atoms with van der Waals surface area (Å²) in [7, 11) is 0. The summed E-state index contributed by atoms with van der Waals surface area (Å²) in [4.78, 5) is 8.17. The van der Waals surface area contributed by atoms with E-state index in [0.29, 0.717) is 0 Å². The Balaban J connectivity index is 2.23. The summed E-state index contributed by atoms with van der Waals surface area (Å²) in [5.74, 6) is 5.63. The lowest BCUT2D eigenvalue weighted by atomic mass is 9.97. The van der Waals surface area contributed by atoms with Crippen LogP contribution >= 0.6 is 0 Å². The quantitative estimate of drug-likeness (QED) is 0.634. The number of benzene rings is 1. The molecular formula is C14H18N4. The van der Waals surface area contributed by atoms with Crippen LogP contribution in [-0.2, 0) is 6.42 Å². The van der Waals surface area contributed by atoms with Crippen LogP contribution in [0.3, 0.4) is 0 Å². The zero-order valence-corrected chi connectivity index (χ0v) is 10.7. The van der Waals surface area contributed by atoms with Crippen LogP contribution in [0.2, 0.25) is 0 Å². The second kappa shape index (κ2) is 5.71. The molecule has 2 aromatic rings. The average molecular weight is 242 g/mol. The van der Waals surface area contributed by atoms with Gasteiger partial charge in [-0.15, -0.1) is 0 Å². The molecule has 4 heteroatoms. The fraction of sp³-hybridized carbons (Fsp3) is 0.286. The van der Waals surface area contributed by atoms with Crippen LogP contribution < -0.4 is 11.3 Å². The highest BCUT2D eigenvalue weighted by Crippen LogP contribution is 2.19. The molecule has 94 valence electrons. The van der Waals surface area contributed by atoms with Crippen molar-refractivity contribution in [3.63, 3.8) is 0 Å². The molecule has 0 radical (unpaired) electrons. The maximum Gasteiger partial charge on any atom is 0.115 e. The van der Waals surface area contributed by atoms with E-state index < -0.39 is 0 Å². The molecule has 1 aromatic carbocycles. The number of hydrazine groups is 1. The fourth-order valence-electron chi connectivity index (χ4n) is 2.00. The molecule has 18 heavy (non-hydrogen) atoms. The van der Waals surface area contributed by atoms with Crippen molar-refractivity contribution >= 4 is 0 Å². The Kier molecular flexibility index (Phi) is 4.02. The van der Waals surface area contributed by atoms with Crippen molar-refractivity contribution in [3.8, 4) is 0 Å². The molecule has 0 fully saturated rings. The van der Waals surface area contributed by atoms with Crippen LogP contribution in [0.15, 0.2) is 36.8 Å². The molecule has 0 bridgehead atoms. The van der Waals surface area contributed by atoms with E-state index in [1.54, 1.807) is 12.5 Å². The van der Waals surface area contributed by atoms with E-state index in [1.165, 1.54) is 16.7 Å². The summed E-state index contributed by atoms with van der Waals surface area (Å²) in [5, 5.41) is 0. The third-order valence-corrected chi connectivity index (χ3v) is 3.09. The van der Waals surface area contributed by atoms with E-state index in [-0.39, 0.29) is 6.04 Å². The Morgan fingerprint density at radius 1 is 1.28 bits per heavy atom. The highest BCUT2D eigenvalue weighted by Gasteiger charge is 2.13. The zero-order chi connectivity index (χ0) is 13.0. The van der Waals surface area contributed by atoms with Crippen LogP contribution in [0.4, 0.5) is 0 Å². The van der Waals surface area contributed by atoms with Crippen LogP contribution in [0.5, 0.6) is 0 Å². The normalized spacial score (nSPS) is 12.4. The molecule has 0 saturated heterocycles. The fourth-order valence-corrected chi connectivity index (χ4v) is 2.00. The standard InChI is InChI=1S/C14H18N4/c1-10-3-4-11(2)12(7-10)8-14(18-15)13-5-6-16-9-17-13/h3-7,9,14,18H,8,15H2,1-2H3. The zero-order valence-electron chi connectivity index (χ0n) is 10.7. The van der Waals surface area contributed by atoms with Gasteiger partial charge in [-0.25, -0.2) is 9.97 Å². The number of rotatable bonds is 4. The summed E-state index contributed by atoms with van der Waals surface area (Å²) in [6.07, 6.45) is 4.10. The number of aromatic nitrogens is 2. The predicted molar refractivity (Wildman–Crippen MR) is 71.7 cm³/mol. The average Bonchev–Trinajstić information content (AvgIpc) is 2.41. The number of hydrogen-bond acceptors (Lipinski definition) is 4. The van der Waals surface area contributed by atoms with E-state index >= 15 is 0 Å². The van der Waals surface area contributed by atoms with Crippen molar-refractivity contribution < 1.29 is 0 Å². The van der Waals surface area contributed by atoms with Gasteiger partial charge in [-0.1, -0.05) is 23.8 Å². The maximum absolute atomic E-state index is 5.63. The minimum Gasteiger partial charge on any atom is -0.271 e. The molecule has 4 nitrogen and oxygen atoms in total. The highest BCUT2D eigenvalue weighted by atomic mass is 15.2. The van der Waals surface area contributed by atoms with Crippen LogP contribution in [0.25, 0.3) is 0 Å². The lowest BCUT2D eigenvalue weighted by molar-refractivity contribution is 0.536. The number of hydrogen-bond donors (Lipinski definition) is 2. The lowest BCUT2D eigenvalue weighted by Crippen LogP contribution is -2.30. The van der Waals surface area contributed by atoms with E-state index in [0.717, 1.165) is 12.1 Å². The predicted octanol–water partition coefficient (Wildman–Crippen LogP) is 1.84. The molecule has 1 aromatic heterocycles. The molecule has 0 aliphatic heterocycles. The Hall–Kier alpha value is -1.78. The van der Waals surface area contributed by atoms with Crippen molar-refractivity contribution in [2.75, 3.05) is 0 Å². The second-order valence-electron chi connectivity index (χ2n) is 4.49. The van der Waals surface area contributed by atoms with Crippen LogP contribution in [-0.4, -0.2) is 9.97 Å². The largest absolute Gasteiger partial charge is 0.271 e. The van der Waals surface area contributed by atoms with Crippen molar-refractivity contribution in [1.29, 1.82) is 0 Å². The summed E-state index contributed by atoms with van der Waals surface area (Å²) in [6.45, 7) is 4.21. The minimum absolute atomic E-state index is 0.00787. The summed E-state index contributed by atoms with van der Waals surface area (Å²) >= 11 is 0. The van der Waals surface area contributed by atoms with E-state index in [2.05, 4.69) is 47.4 Å². The molecule has 3 N–H and O–H groups in total. The van der Waals surface area contributed by atoms with Crippen molar-refractivity contribution in [2.24, 2.45) is 5.84 Å². The highest BCUT2D eigenvalue weighted by molar-refractivity contribution is 5.31. The van der Waals surface area contributed by atoms with Crippen molar-refractivity contribution in [2.45, 2.75) is 26.3 Å². The molecule has 0 saturated carbocycles. The Morgan fingerprint density at radius 2 is 2.11 bits per heavy atom. The first-order chi connectivity index (χ1) is 8.70. The van der Waals surface area contributed by atoms with Crippen molar-refractivity contribution in [1.82, 2.24) is 15.4 Å². The third-order valence-electron chi connectivity index (χ3n) is 3.09. The molecule has 1 unspecified atom stereocenters. The van der Waals surface area contributed by atoms with Gasteiger partial charge in [0.1, 0.15) is 6.33 Å². The van der Waals surface area contributed by atoms with Gasteiger partial charge in [0.15, 0.2) is 0 Å². The van der Waals surface area contributed by atoms with Gasteiger partial charge in [-0.05, 0) is 37.5 Å². The number of nitrogens with zero attached hydrogens (tertiary/aromatic N) is 2. The molecule has 0 spiro atoms. The molecule has 2 rings (SSSR count). The van der Waals surface area contributed by atoms with Gasteiger partial charge in [0, 0.05) is 6.20 Å². The number of nitrogens with two attached hydrogens (primary N) is 1. The Morgan fingerprint density at radius 3 is 2.78 bits per heavy atom. The Bertz CT molecular complexity index is 510. The van der Waals surface area contributed by atoms with Gasteiger partial charge in [0.25, 0.3) is 0 Å². The van der Waals surface area contributed by atoms with Gasteiger partial charge in [-0.3, -0.25) is 11.3 Å². The lowest BCUT2D eigenvalue weighted by Gasteiger charge is -2.16. The Labute approximate surface area is 107 Å². The van der Waals surface area contributed by atoms with E-state index in [9.17, 15) is 0 Å². The SMILES string of the molecule is Cc1ccc(C)c(CC(NN)c2ccncn2)c1. The van der Waals surface area contributed by atoms with Gasteiger partial charge < -0.3 is 0 Å². The summed E-state index contributed by atoms with van der Waals surface area (Å²) in [5.41, 5.74) is 7.55. The smallest absolute Gasteiger partial charge is 0.115 e. The first-order valence-corrected chi connectivity index (χ1v) is 5.99. The van der Waals surface area contributed by atoms with Crippen LogP contribution in [0.1, 0.15) is 28.4 Å². The summed E-state index contributed by atoms with van der Waals surface area (Å²) < 4.78 is 0. The third kappa shape index (κ3) is 2.91. The van der Waals surface area contributed by atoms with Gasteiger partial charge in [0.05, 0.1) is 11.7 Å². The van der Waals surface area contributed by atoms with Crippen LogP contribution in [0, 0.1) is 13.8 Å². The van der Waals surface area contributed by atoms with E-state index in [1.807, 2.05) is 6.07 Å². The first kappa shape index (κ1) is 12.7. The topological polar surface area (TPSA) is 63.8 Å². The first-order valence-electron chi connectivity index (χ1n) is 5.99. The molecular weight excluding hydrogens is 224 g/mol. The van der Waals surface area contributed by atoms with E-state index in [4.69, 9.17) is 5.84 Å². The summed E-state index contributed by atoms with van der Waals surface area (Å²) in [6, 6.07) is 8.34. The molecule has 0 amide bonds. The van der Waals surface area contributed by atoms with Gasteiger partial charge in [-0.2, -0.15) is 0 Å². The maximum atomic E-state index is 5.63. The van der Waals surface area contributed by atoms with Crippen molar-refractivity contribution in [3.05, 3.63) is 59.2 Å². The molecule has 0 aliphatic carbocycles. The molecule has 1 atom stereocenters. The number of nitrogens with one attached hydrogen (secondary N) is 1. The molecule has 1 heterocycles. The monoisotopic (exact) mass is 242 g/mol. The second-order valence-corrected chi connectivity index (χ2v) is 4.49. The minimum atomic E-state index is 0.00787. The van der Waals surface area contributed by atoms with Gasteiger partial charge in [0.2, 0.25) is 0 Å².